The molecule has 0 saturated carbocycles. The van der Waals surface area contributed by atoms with Gasteiger partial charge in [-0.05, 0) is 35.6 Å². The van der Waals surface area contributed by atoms with Crippen LogP contribution in [0.2, 0.25) is 0 Å². The summed E-state index contributed by atoms with van der Waals surface area (Å²) < 4.78 is 6.21. The van der Waals surface area contributed by atoms with Crippen LogP contribution in [-0.4, -0.2) is 18.8 Å². The Balaban J connectivity index is 1.65. The molecule has 2 aromatic carbocycles. The van der Waals surface area contributed by atoms with Gasteiger partial charge in [-0.15, -0.1) is 5.43 Å². The number of H-pyrrole nitrogens is 1. The van der Waals surface area contributed by atoms with Gasteiger partial charge in [-0.2, -0.15) is 0 Å². The van der Waals surface area contributed by atoms with Crippen molar-refractivity contribution >= 4 is 38.9 Å². The van der Waals surface area contributed by atoms with E-state index in [0.717, 1.165) is 20.9 Å². The van der Waals surface area contributed by atoms with E-state index in [4.69, 9.17) is 4.74 Å². The number of fused-ring (bicyclic) bond motifs is 1. The number of carboxylic acid groups (broad SMARTS) is 1. The molecule has 0 aliphatic carbocycles. The molecule has 0 aliphatic heterocycles. The molecule has 0 atom stereocenters. The summed E-state index contributed by atoms with van der Waals surface area (Å²) >= 11 is 1.57. The molecule has 0 unspecified atom stereocenters. The van der Waals surface area contributed by atoms with Crippen LogP contribution in [0, 0.1) is 0 Å². The highest BCUT2D eigenvalue weighted by Crippen LogP contribution is 2.21. The number of carbonyl (C=O) groups excluding carboxylic acids is 1. The normalized spacial score (nSPS) is 11.0. The predicted molar refractivity (Wildman–Crippen MR) is 86.5 cm³/mol. The van der Waals surface area contributed by atoms with Gasteiger partial charge in [-0.1, -0.05) is 29.4 Å². The second-order valence-electron chi connectivity index (χ2n) is 4.66. The number of thiazole rings is 1. The molecule has 2 N–H and O–H groups in total. The van der Waals surface area contributed by atoms with E-state index in [9.17, 15) is 9.90 Å². The van der Waals surface area contributed by atoms with E-state index in [-0.39, 0.29) is 0 Å². The maximum atomic E-state index is 10.4. The minimum atomic E-state index is -1.26. The van der Waals surface area contributed by atoms with Crippen LogP contribution in [0.3, 0.4) is 0 Å². The molecule has 116 valence electrons. The van der Waals surface area contributed by atoms with Crippen LogP contribution < -0.4 is 20.3 Å². The van der Waals surface area contributed by atoms with Crippen molar-refractivity contribution in [1.29, 1.82) is 0 Å². The lowest BCUT2D eigenvalue weighted by molar-refractivity contribution is -0.321. The molecule has 6 nitrogen and oxygen atoms in total. The topological polar surface area (TPSA) is 87.9 Å². The van der Waals surface area contributed by atoms with Crippen LogP contribution in [0.1, 0.15) is 5.56 Å². The minimum absolute atomic E-state index is 0.451. The first-order chi connectivity index (χ1) is 11.2. The monoisotopic (exact) mass is 327 g/mol. The molecule has 3 rings (SSSR count). The van der Waals surface area contributed by atoms with Gasteiger partial charge in [0.1, 0.15) is 17.9 Å². The van der Waals surface area contributed by atoms with Crippen LogP contribution in [0.25, 0.3) is 10.2 Å². The van der Waals surface area contributed by atoms with Gasteiger partial charge in [0.2, 0.25) is 0 Å². The molecule has 3 aromatic rings. The molecular weight excluding hydrogens is 314 g/mol. The summed E-state index contributed by atoms with van der Waals surface area (Å²) in [5, 5.41) is 15.4. The summed E-state index contributed by atoms with van der Waals surface area (Å²) in [6.07, 6.45) is 1.63. The molecule has 0 amide bonds. The fraction of sp³-hybridized carbons (Fsp3) is 0.0625. The molecule has 7 heteroatoms. The Morgan fingerprint density at radius 3 is 3.00 bits per heavy atom. The Bertz CT molecular complexity index is 827. The van der Waals surface area contributed by atoms with E-state index in [1.807, 2.05) is 30.3 Å². The van der Waals surface area contributed by atoms with Crippen molar-refractivity contribution in [2.75, 3.05) is 12.0 Å². The molecule has 0 spiro atoms. The smallest absolute Gasteiger partial charge is 0.357 e. The van der Waals surface area contributed by atoms with Gasteiger partial charge in [0, 0.05) is 5.56 Å². The van der Waals surface area contributed by atoms with Gasteiger partial charge < -0.3 is 14.6 Å². The first-order valence-corrected chi connectivity index (χ1v) is 7.65. The number of hydrogen-bond donors (Lipinski definition) is 1. The standard InChI is InChI=1S/C16H13N3O3S/c20-15(21)10-22-12-5-3-4-11(8-12)9-17-19-16-18-13-6-1-2-7-14(13)23-16/h1-9H,10H2,(H,18,19)(H,20,21). The van der Waals surface area contributed by atoms with Gasteiger partial charge in [0.25, 0.3) is 0 Å². The summed E-state index contributed by atoms with van der Waals surface area (Å²) in [5.74, 6) is -0.808. The second kappa shape index (κ2) is 6.89. The molecule has 0 radical (unpaired) electrons. The van der Waals surface area contributed by atoms with E-state index in [1.165, 1.54) is 0 Å². The number of aliphatic carboxylic acids is 1. The van der Waals surface area contributed by atoms with Gasteiger partial charge in [-0.3, -0.25) is 0 Å². The van der Waals surface area contributed by atoms with Crippen molar-refractivity contribution in [1.82, 2.24) is 0 Å². The Hall–Kier alpha value is -2.93. The summed E-state index contributed by atoms with van der Waals surface area (Å²) in [7, 11) is 0. The number of ether oxygens (including phenoxy) is 1. The van der Waals surface area contributed by atoms with Gasteiger partial charge >= 0.3 is 5.13 Å². The van der Waals surface area contributed by atoms with Gasteiger partial charge in [-0.25, -0.2) is 4.98 Å². The van der Waals surface area contributed by atoms with Crippen molar-refractivity contribution in [3.63, 3.8) is 0 Å². The molecule has 0 fully saturated rings. The second-order valence-corrected chi connectivity index (χ2v) is 5.71. The number of hydrogen-bond acceptors (Lipinski definition) is 6. The van der Waals surface area contributed by atoms with E-state index >= 15 is 0 Å². The van der Waals surface area contributed by atoms with E-state index in [2.05, 4.69) is 15.5 Å². The van der Waals surface area contributed by atoms with Crippen LogP contribution >= 0.6 is 11.3 Å². The lowest BCUT2D eigenvalue weighted by Gasteiger charge is -2.06. The number of anilines is 1. The first-order valence-electron chi connectivity index (χ1n) is 6.83. The number of carbonyl (C=O) groups is 1. The average molecular weight is 327 g/mol. The van der Waals surface area contributed by atoms with E-state index < -0.39 is 12.6 Å². The van der Waals surface area contributed by atoms with Crippen molar-refractivity contribution in [2.45, 2.75) is 0 Å². The summed E-state index contributed by atoms with van der Waals surface area (Å²) in [6, 6.07) is 15.0. The molecule has 1 aromatic heterocycles. The fourth-order valence-electron chi connectivity index (χ4n) is 1.96. The zero-order valence-electron chi connectivity index (χ0n) is 12.0. The van der Waals surface area contributed by atoms with E-state index in [1.54, 1.807) is 35.8 Å². The molecule has 23 heavy (non-hydrogen) atoms. The highest BCUT2D eigenvalue weighted by molar-refractivity contribution is 7.21. The number of carboxylic acids is 1. The van der Waals surface area contributed by atoms with Crippen LogP contribution in [0.4, 0.5) is 5.13 Å². The Labute approximate surface area is 136 Å². The molecule has 0 bridgehead atoms. The molecule has 0 saturated heterocycles. The maximum Gasteiger partial charge on any atom is 0.357 e. The minimum Gasteiger partial charge on any atom is -0.546 e. The zero-order valence-corrected chi connectivity index (χ0v) is 12.8. The van der Waals surface area contributed by atoms with Gasteiger partial charge in [0.05, 0.1) is 16.9 Å². The number of hydrazone groups is 1. The van der Waals surface area contributed by atoms with Crippen LogP contribution in [-0.2, 0) is 4.79 Å². The third-order valence-electron chi connectivity index (χ3n) is 2.94. The molecule has 0 aliphatic rings. The summed E-state index contributed by atoms with van der Waals surface area (Å²) in [6.45, 7) is -0.477. The Kier molecular flexibility index (Phi) is 4.49. The predicted octanol–water partition coefficient (Wildman–Crippen LogP) is 1.29. The van der Waals surface area contributed by atoms with E-state index in [0.29, 0.717) is 5.75 Å². The number of benzene rings is 2. The number of aromatic amines is 1. The lowest BCUT2D eigenvalue weighted by Crippen LogP contribution is -2.28. The fourth-order valence-corrected chi connectivity index (χ4v) is 2.81. The first kappa shape index (κ1) is 15.0. The van der Waals surface area contributed by atoms with Crippen molar-refractivity contribution < 1.29 is 19.6 Å². The Morgan fingerprint density at radius 2 is 2.17 bits per heavy atom. The number of rotatable bonds is 6. The molecule has 1 heterocycles. The number of nitrogens with one attached hydrogen (secondary N) is 2. The van der Waals surface area contributed by atoms with Gasteiger partial charge in [0.15, 0.2) is 0 Å². The van der Waals surface area contributed by atoms with Crippen LogP contribution in [0.15, 0.2) is 53.6 Å². The lowest BCUT2D eigenvalue weighted by atomic mass is 10.2. The number of para-hydroxylation sites is 1. The maximum absolute atomic E-state index is 10.4. The third-order valence-corrected chi connectivity index (χ3v) is 3.92. The quantitative estimate of drug-likeness (QED) is 0.546. The summed E-state index contributed by atoms with van der Waals surface area (Å²) in [5.41, 5.74) is 4.78. The number of aromatic nitrogens is 1. The SMILES string of the molecule is O=C([O-])COc1cccc(C=NNc2[nH+]c3ccccc3s2)c1. The largest absolute Gasteiger partial charge is 0.546 e. The summed E-state index contributed by atoms with van der Waals surface area (Å²) in [4.78, 5) is 13.6. The highest BCUT2D eigenvalue weighted by atomic mass is 32.1. The van der Waals surface area contributed by atoms with Crippen LogP contribution in [0.5, 0.6) is 5.75 Å². The average Bonchev–Trinajstić information content (AvgIpc) is 2.96. The molecular formula is C16H13N3O3S. The highest BCUT2D eigenvalue weighted by Gasteiger charge is 2.07. The van der Waals surface area contributed by atoms with Crippen molar-refractivity contribution in [2.24, 2.45) is 5.10 Å². The van der Waals surface area contributed by atoms with Crippen molar-refractivity contribution in [3.8, 4) is 5.75 Å². The number of nitrogens with zero attached hydrogens (tertiary/aromatic N) is 1. The third kappa shape index (κ3) is 4.04. The van der Waals surface area contributed by atoms with Crippen molar-refractivity contribution in [3.05, 3.63) is 54.1 Å². The Morgan fingerprint density at radius 1 is 1.30 bits per heavy atom. The zero-order chi connectivity index (χ0) is 16.1.